The van der Waals surface area contributed by atoms with Gasteiger partial charge in [-0.15, -0.1) is 23.7 Å². The third kappa shape index (κ3) is 5.02. The lowest BCUT2D eigenvalue weighted by atomic mass is 9.95. The normalized spacial score (nSPS) is 23.0. The average Bonchev–Trinajstić information content (AvgIpc) is 3.60. The Kier molecular flexibility index (Phi) is 7.49. The summed E-state index contributed by atoms with van der Waals surface area (Å²) >= 11 is 1.32. The highest BCUT2D eigenvalue weighted by Crippen LogP contribution is 2.49. The molecular formula is C27H28ClF3N4O4S. The second-order valence-electron chi connectivity index (χ2n) is 10.5. The lowest BCUT2D eigenvalue weighted by molar-refractivity contribution is -0.139. The first-order valence-corrected chi connectivity index (χ1v) is 13.6. The van der Waals surface area contributed by atoms with Crippen LogP contribution in [0.3, 0.4) is 0 Å². The van der Waals surface area contributed by atoms with Gasteiger partial charge in [-0.2, -0.15) is 13.2 Å². The van der Waals surface area contributed by atoms with Crippen LogP contribution in [0, 0.1) is 0 Å². The molecule has 13 heteroatoms. The van der Waals surface area contributed by atoms with Gasteiger partial charge < -0.3 is 20.1 Å². The number of aliphatic hydroxyl groups is 1. The van der Waals surface area contributed by atoms with Crippen LogP contribution in [0.15, 0.2) is 30.5 Å². The van der Waals surface area contributed by atoms with Crippen LogP contribution in [0.2, 0.25) is 0 Å². The molecule has 3 aliphatic rings. The van der Waals surface area contributed by atoms with Crippen LogP contribution in [0.1, 0.15) is 36.6 Å². The molecule has 2 saturated heterocycles. The Bertz CT molecular complexity index is 1470. The van der Waals surface area contributed by atoms with Crippen molar-refractivity contribution in [3.05, 3.63) is 40.9 Å². The van der Waals surface area contributed by atoms with E-state index in [2.05, 4.69) is 15.2 Å². The van der Waals surface area contributed by atoms with E-state index in [4.69, 9.17) is 4.74 Å². The Morgan fingerprint density at radius 3 is 2.62 bits per heavy atom. The molecule has 0 radical (unpaired) electrons. The van der Waals surface area contributed by atoms with Gasteiger partial charge in [-0.25, -0.2) is 0 Å². The first-order valence-electron chi connectivity index (χ1n) is 12.8. The summed E-state index contributed by atoms with van der Waals surface area (Å²) in [5, 5.41) is 13.2. The summed E-state index contributed by atoms with van der Waals surface area (Å²) in [6.07, 6.45) is -2.03. The number of rotatable bonds is 5. The van der Waals surface area contributed by atoms with Crippen LogP contribution in [-0.2, 0) is 22.3 Å². The van der Waals surface area contributed by atoms with Crippen molar-refractivity contribution in [1.29, 1.82) is 0 Å². The summed E-state index contributed by atoms with van der Waals surface area (Å²) in [6, 6.07) is 5.65. The fourth-order valence-corrected chi connectivity index (χ4v) is 6.85. The van der Waals surface area contributed by atoms with Gasteiger partial charge in [0.25, 0.3) is 0 Å². The van der Waals surface area contributed by atoms with Gasteiger partial charge in [0.2, 0.25) is 11.8 Å². The van der Waals surface area contributed by atoms with E-state index >= 15 is 0 Å². The van der Waals surface area contributed by atoms with E-state index in [1.165, 1.54) is 16.2 Å². The first kappa shape index (κ1) is 28.6. The zero-order chi connectivity index (χ0) is 27.5. The number of nitrogens with zero attached hydrogens (tertiary/aromatic N) is 3. The van der Waals surface area contributed by atoms with Crippen LogP contribution in [-0.4, -0.2) is 64.7 Å². The molecule has 3 aliphatic heterocycles. The number of hydrogen-bond donors (Lipinski definition) is 2. The van der Waals surface area contributed by atoms with Gasteiger partial charge in [0.1, 0.15) is 12.4 Å². The number of ether oxygens (including phenoxy) is 1. The topological polar surface area (TPSA) is 95.0 Å². The summed E-state index contributed by atoms with van der Waals surface area (Å²) in [5.41, 5.74) is 0.826. The fourth-order valence-electron chi connectivity index (χ4n) is 5.72. The molecule has 3 aromatic rings. The first-order chi connectivity index (χ1) is 18.6. The lowest BCUT2D eigenvalue weighted by Crippen LogP contribution is -2.43. The predicted octanol–water partition coefficient (Wildman–Crippen LogP) is 4.36. The number of aliphatic hydroxyl groups excluding tert-OH is 1. The average molecular weight is 597 g/mol. The maximum atomic E-state index is 14.0. The van der Waals surface area contributed by atoms with Crippen molar-refractivity contribution in [1.82, 2.24) is 15.2 Å². The largest absolute Gasteiger partial charge is 0.490 e. The molecule has 40 heavy (non-hydrogen) atoms. The summed E-state index contributed by atoms with van der Waals surface area (Å²) in [6.45, 7) is 3.30. The molecule has 214 valence electrons. The van der Waals surface area contributed by atoms with Crippen LogP contribution < -0.4 is 15.0 Å². The SMILES string of the molecule is C[C@]1(CO)C[C@H](N2CCOc3cc(C(F)(F)F)cc(-c4ccnc5cc(CN6C(=O)CCC6=O)sc45)c32)CN1.Cl. The monoisotopic (exact) mass is 596 g/mol. The molecule has 2 atom stereocenters. The second kappa shape index (κ2) is 10.5. The number of imide groups is 1. The van der Waals surface area contributed by atoms with Crippen molar-refractivity contribution in [2.75, 3.05) is 31.2 Å². The van der Waals surface area contributed by atoms with Crippen molar-refractivity contribution < 1.29 is 32.6 Å². The fraction of sp³-hybridized carbons (Fsp3) is 0.444. The van der Waals surface area contributed by atoms with Crippen LogP contribution in [0.25, 0.3) is 21.3 Å². The van der Waals surface area contributed by atoms with E-state index in [0.29, 0.717) is 46.5 Å². The molecule has 0 saturated carbocycles. The molecule has 0 bridgehead atoms. The Hall–Kier alpha value is -2.93. The van der Waals surface area contributed by atoms with Crippen molar-refractivity contribution in [2.24, 2.45) is 0 Å². The second-order valence-corrected chi connectivity index (χ2v) is 11.7. The van der Waals surface area contributed by atoms with E-state index in [9.17, 15) is 27.9 Å². The van der Waals surface area contributed by atoms with Gasteiger partial charge in [-0.05, 0) is 37.6 Å². The van der Waals surface area contributed by atoms with Gasteiger partial charge in [0.15, 0.2) is 0 Å². The minimum absolute atomic E-state index is 0. The quantitative estimate of drug-likeness (QED) is 0.423. The maximum absolute atomic E-state index is 14.0. The zero-order valence-electron chi connectivity index (χ0n) is 21.6. The number of pyridine rings is 1. The molecule has 0 aliphatic carbocycles. The van der Waals surface area contributed by atoms with Gasteiger partial charge in [-0.1, -0.05) is 0 Å². The highest BCUT2D eigenvalue weighted by atomic mass is 35.5. The summed E-state index contributed by atoms with van der Waals surface area (Å²) in [5.74, 6) is -0.297. The summed E-state index contributed by atoms with van der Waals surface area (Å²) in [4.78, 5) is 32.8. The Morgan fingerprint density at radius 2 is 1.95 bits per heavy atom. The van der Waals surface area contributed by atoms with Gasteiger partial charge in [-0.3, -0.25) is 19.5 Å². The minimum Gasteiger partial charge on any atom is -0.490 e. The van der Waals surface area contributed by atoms with Crippen molar-refractivity contribution in [3.8, 4) is 16.9 Å². The maximum Gasteiger partial charge on any atom is 0.416 e. The number of likely N-dealkylation sites (tertiary alicyclic amines) is 1. The molecule has 2 N–H and O–H groups in total. The predicted molar refractivity (Wildman–Crippen MR) is 147 cm³/mol. The number of alkyl halides is 3. The smallest absolute Gasteiger partial charge is 0.416 e. The van der Waals surface area contributed by atoms with E-state index in [0.717, 1.165) is 17.0 Å². The van der Waals surface area contributed by atoms with Crippen LogP contribution >= 0.6 is 23.7 Å². The zero-order valence-corrected chi connectivity index (χ0v) is 23.2. The number of carbonyl (C=O) groups excluding carboxylic acids is 2. The molecule has 0 spiro atoms. The number of amides is 2. The van der Waals surface area contributed by atoms with E-state index in [1.807, 2.05) is 6.92 Å². The van der Waals surface area contributed by atoms with Crippen LogP contribution in [0.4, 0.5) is 18.9 Å². The number of halogens is 4. The van der Waals surface area contributed by atoms with Crippen molar-refractivity contribution in [2.45, 2.75) is 50.5 Å². The standard InChI is InChI=1S/C27H27F3N4O4S.ClH/c1-26(14-35)11-16(12-32-26)33-6-7-38-21-9-15(27(28,29)30)8-19(24(21)33)18-4-5-31-20-10-17(39-25(18)20)13-34-22(36)2-3-23(34)37;/h4-5,8-10,16,32,35H,2-3,6-7,11-14H2,1H3;1H/t16-,26+;/m0./s1. The number of fused-ring (bicyclic) bond motifs is 2. The van der Waals surface area contributed by atoms with E-state index in [1.54, 1.807) is 18.3 Å². The number of anilines is 1. The van der Waals surface area contributed by atoms with Crippen molar-refractivity contribution in [3.63, 3.8) is 0 Å². The molecule has 6 rings (SSSR count). The molecule has 8 nitrogen and oxygen atoms in total. The van der Waals surface area contributed by atoms with E-state index in [-0.39, 0.29) is 68.6 Å². The number of carbonyl (C=O) groups is 2. The van der Waals surface area contributed by atoms with Gasteiger partial charge in [0.05, 0.1) is 41.2 Å². The molecule has 0 unspecified atom stereocenters. The summed E-state index contributed by atoms with van der Waals surface area (Å²) in [7, 11) is 0. The van der Waals surface area contributed by atoms with Crippen LogP contribution in [0.5, 0.6) is 5.75 Å². The Labute approximate surface area is 238 Å². The van der Waals surface area contributed by atoms with Gasteiger partial charge >= 0.3 is 6.18 Å². The molecule has 1 aromatic carbocycles. The van der Waals surface area contributed by atoms with Crippen molar-refractivity contribution >= 4 is 51.5 Å². The molecule has 2 aromatic heterocycles. The molecule has 5 heterocycles. The Balaban J connectivity index is 0.00000323. The highest BCUT2D eigenvalue weighted by Gasteiger charge is 2.41. The summed E-state index contributed by atoms with van der Waals surface area (Å²) < 4.78 is 48.6. The van der Waals surface area contributed by atoms with Gasteiger partial charge in [0, 0.05) is 53.2 Å². The number of hydrogen-bond acceptors (Lipinski definition) is 8. The van der Waals surface area contributed by atoms with E-state index < -0.39 is 17.3 Å². The third-order valence-corrected chi connectivity index (χ3v) is 8.88. The molecule has 2 amide bonds. The number of benzene rings is 1. The molecular weight excluding hydrogens is 569 g/mol. The number of aromatic nitrogens is 1. The highest BCUT2D eigenvalue weighted by molar-refractivity contribution is 7.19. The minimum atomic E-state index is -4.58. The number of nitrogens with one attached hydrogen (secondary N) is 1. The lowest BCUT2D eigenvalue weighted by Gasteiger charge is -2.38. The Morgan fingerprint density at radius 1 is 1.20 bits per heavy atom. The molecule has 2 fully saturated rings. The number of thiophene rings is 1. The third-order valence-electron chi connectivity index (χ3n) is 7.74.